The van der Waals surface area contributed by atoms with Crippen LogP contribution in [-0.4, -0.2) is 40.5 Å². The molecule has 6 heteroatoms. The Morgan fingerprint density at radius 1 is 1.60 bits per heavy atom. The largest absolute Gasteiger partial charge is 0.350 e. The van der Waals surface area contributed by atoms with Gasteiger partial charge in [-0.1, -0.05) is 19.1 Å². The van der Waals surface area contributed by atoms with E-state index in [1.54, 1.807) is 10.9 Å². The molecule has 112 valence electrons. The number of aromatic nitrogens is 3. The molecule has 1 unspecified atom stereocenters. The summed E-state index contributed by atoms with van der Waals surface area (Å²) < 4.78 is 1.75. The number of hydrogen-bond acceptors (Lipinski definition) is 4. The highest BCUT2D eigenvalue weighted by atomic mass is 16.2. The molecule has 2 rings (SSSR count). The fraction of sp³-hybridized carbons (Fsp3) is 0.786. The Hall–Kier alpha value is -1.43. The van der Waals surface area contributed by atoms with Crippen molar-refractivity contribution in [2.75, 3.05) is 19.6 Å². The van der Waals surface area contributed by atoms with Crippen molar-refractivity contribution in [2.24, 2.45) is 11.8 Å². The van der Waals surface area contributed by atoms with Crippen LogP contribution in [-0.2, 0) is 6.54 Å². The number of rotatable bonds is 6. The Morgan fingerprint density at radius 2 is 2.45 bits per heavy atom. The van der Waals surface area contributed by atoms with E-state index in [2.05, 4.69) is 34.8 Å². The first-order valence-electron chi connectivity index (χ1n) is 7.54. The summed E-state index contributed by atoms with van der Waals surface area (Å²) in [7, 11) is 0. The highest BCUT2D eigenvalue weighted by Crippen LogP contribution is 2.08. The highest BCUT2D eigenvalue weighted by molar-refractivity contribution is 5.91. The molecule has 1 aliphatic heterocycles. The van der Waals surface area contributed by atoms with E-state index in [0.29, 0.717) is 24.1 Å². The lowest BCUT2D eigenvalue weighted by molar-refractivity contribution is 0.0939. The maximum atomic E-state index is 12.0. The summed E-state index contributed by atoms with van der Waals surface area (Å²) in [6.07, 6.45) is 5.13. The number of carbonyl (C=O) groups excluding carboxylic acids is 1. The molecule has 1 aromatic heterocycles. The zero-order valence-electron chi connectivity index (χ0n) is 12.4. The lowest BCUT2D eigenvalue weighted by atomic mass is 10.00. The lowest BCUT2D eigenvalue weighted by Gasteiger charge is -2.22. The van der Waals surface area contributed by atoms with Crippen molar-refractivity contribution < 1.29 is 4.79 Å². The molecule has 0 spiro atoms. The Bertz CT molecular complexity index is 423. The van der Waals surface area contributed by atoms with Gasteiger partial charge in [-0.2, -0.15) is 0 Å². The van der Waals surface area contributed by atoms with Crippen molar-refractivity contribution in [3.8, 4) is 0 Å². The van der Waals surface area contributed by atoms with E-state index in [1.165, 1.54) is 12.8 Å². The molecule has 1 atom stereocenters. The van der Waals surface area contributed by atoms with Crippen LogP contribution in [0.5, 0.6) is 0 Å². The number of carbonyl (C=O) groups is 1. The van der Waals surface area contributed by atoms with E-state index in [4.69, 9.17) is 0 Å². The first-order valence-corrected chi connectivity index (χ1v) is 7.54. The van der Waals surface area contributed by atoms with Gasteiger partial charge in [0.1, 0.15) is 0 Å². The number of nitrogens with one attached hydrogen (secondary N) is 2. The van der Waals surface area contributed by atoms with Gasteiger partial charge >= 0.3 is 0 Å². The molecule has 1 aliphatic rings. The SMILES string of the molecule is CC(C)CCn1cc(C(=O)NCC2CCCNC2)nn1. The predicted molar refractivity (Wildman–Crippen MR) is 77.4 cm³/mol. The third-order valence-electron chi connectivity index (χ3n) is 3.66. The van der Waals surface area contributed by atoms with Gasteiger partial charge in [0.25, 0.3) is 5.91 Å². The van der Waals surface area contributed by atoms with Crippen LogP contribution in [0, 0.1) is 11.8 Å². The van der Waals surface area contributed by atoms with Crippen LogP contribution in [0.2, 0.25) is 0 Å². The molecule has 0 aliphatic carbocycles. The van der Waals surface area contributed by atoms with Crippen molar-refractivity contribution in [1.29, 1.82) is 0 Å². The van der Waals surface area contributed by atoms with Crippen molar-refractivity contribution in [2.45, 2.75) is 39.7 Å². The third-order valence-corrected chi connectivity index (χ3v) is 3.66. The van der Waals surface area contributed by atoms with Gasteiger partial charge in [0.15, 0.2) is 5.69 Å². The van der Waals surface area contributed by atoms with Crippen molar-refractivity contribution in [1.82, 2.24) is 25.6 Å². The zero-order valence-corrected chi connectivity index (χ0v) is 12.4. The van der Waals surface area contributed by atoms with Crippen LogP contribution >= 0.6 is 0 Å². The number of amides is 1. The highest BCUT2D eigenvalue weighted by Gasteiger charge is 2.16. The van der Waals surface area contributed by atoms with Crippen LogP contribution < -0.4 is 10.6 Å². The molecule has 20 heavy (non-hydrogen) atoms. The van der Waals surface area contributed by atoms with Crippen LogP contribution in [0.25, 0.3) is 0 Å². The third kappa shape index (κ3) is 4.59. The molecule has 1 saturated heterocycles. The summed E-state index contributed by atoms with van der Waals surface area (Å²) in [4.78, 5) is 12.0. The van der Waals surface area contributed by atoms with Gasteiger partial charge in [0, 0.05) is 13.1 Å². The molecular formula is C14H25N5O. The number of nitrogens with zero attached hydrogens (tertiary/aromatic N) is 3. The van der Waals surface area contributed by atoms with Crippen LogP contribution in [0.1, 0.15) is 43.6 Å². The number of hydrogen-bond donors (Lipinski definition) is 2. The Morgan fingerprint density at radius 3 is 3.15 bits per heavy atom. The minimum absolute atomic E-state index is 0.119. The van der Waals surface area contributed by atoms with Crippen molar-refractivity contribution >= 4 is 5.91 Å². The van der Waals surface area contributed by atoms with Gasteiger partial charge in [-0.05, 0) is 44.2 Å². The van der Waals surface area contributed by atoms with E-state index >= 15 is 0 Å². The first kappa shape index (κ1) is 15.0. The van der Waals surface area contributed by atoms with Gasteiger partial charge in [0.2, 0.25) is 0 Å². The minimum Gasteiger partial charge on any atom is -0.350 e. The van der Waals surface area contributed by atoms with Gasteiger partial charge < -0.3 is 10.6 Å². The monoisotopic (exact) mass is 279 g/mol. The molecule has 0 saturated carbocycles. The predicted octanol–water partition coefficient (Wildman–Crippen LogP) is 1.05. The average molecular weight is 279 g/mol. The molecule has 0 aromatic carbocycles. The topological polar surface area (TPSA) is 71.8 Å². The van der Waals surface area contributed by atoms with Crippen molar-refractivity contribution in [3.63, 3.8) is 0 Å². The molecule has 1 fully saturated rings. The van der Waals surface area contributed by atoms with E-state index in [0.717, 1.165) is 26.1 Å². The zero-order chi connectivity index (χ0) is 14.4. The summed E-state index contributed by atoms with van der Waals surface area (Å²) in [6, 6.07) is 0. The second-order valence-corrected chi connectivity index (χ2v) is 5.97. The Labute approximate surface area is 120 Å². The van der Waals surface area contributed by atoms with Crippen LogP contribution in [0.3, 0.4) is 0 Å². The van der Waals surface area contributed by atoms with E-state index in [1.807, 2.05) is 0 Å². The average Bonchev–Trinajstić information content (AvgIpc) is 2.92. The summed E-state index contributed by atoms with van der Waals surface area (Å²) in [6.45, 7) is 7.94. The normalized spacial score (nSPS) is 19.2. The molecule has 2 heterocycles. The van der Waals surface area contributed by atoms with E-state index < -0.39 is 0 Å². The molecule has 6 nitrogen and oxygen atoms in total. The smallest absolute Gasteiger partial charge is 0.273 e. The minimum atomic E-state index is -0.119. The second-order valence-electron chi connectivity index (χ2n) is 5.97. The molecule has 2 N–H and O–H groups in total. The Kier molecular flexibility index (Phi) is 5.52. The molecule has 0 bridgehead atoms. The van der Waals surface area contributed by atoms with Gasteiger partial charge in [-0.3, -0.25) is 9.48 Å². The summed E-state index contributed by atoms with van der Waals surface area (Å²) in [5, 5.41) is 14.2. The van der Waals surface area contributed by atoms with E-state index in [-0.39, 0.29) is 5.91 Å². The second kappa shape index (κ2) is 7.38. The lowest BCUT2D eigenvalue weighted by Crippen LogP contribution is -2.38. The summed E-state index contributed by atoms with van der Waals surface area (Å²) >= 11 is 0. The Balaban J connectivity index is 1.77. The molecule has 1 aromatic rings. The van der Waals surface area contributed by atoms with E-state index in [9.17, 15) is 4.79 Å². The van der Waals surface area contributed by atoms with Crippen molar-refractivity contribution in [3.05, 3.63) is 11.9 Å². The van der Waals surface area contributed by atoms with Crippen LogP contribution in [0.4, 0.5) is 0 Å². The summed E-state index contributed by atoms with van der Waals surface area (Å²) in [5.74, 6) is 1.03. The fourth-order valence-electron chi connectivity index (χ4n) is 2.33. The van der Waals surface area contributed by atoms with Gasteiger partial charge in [0.05, 0.1) is 6.20 Å². The van der Waals surface area contributed by atoms with Crippen LogP contribution in [0.15, 0.2) is 6.20 Å². The van der Waals surface area contributed by atoms with Gasteiger partial charge in [-0.25, -0.2) is 0 Å². The van der Waals surface area contributed by atoms with Gasteiger partial charge in [-0.15, -0.1) is 5.10 Å². The summed E-state index contributed by atoms with van der Waals surface area (Å²) in [5.41, 5.74) is 0.414. The standard InChI is InChI=1S/C14H25N5O/c1-11(2)5-7-19-10-13(17-18-19)14(20)16-9-12-4-3-6-15-8-12/h10-12,15H,3-9H2,1-2H3,(H,16,20). The molecule has 0 radical (unpaired) electrons. The molecular weight excluding hydrogens is 254 g/mol. The first-order chi connectivity index (χ1) is 9.65. The maximum Gasteiger partial charge on any atom is 0.273 e. The molecule has 1 amide bonds. The fourth-order valence-corrected chi connectivity index (χ4v) is 2.33. The number of aryl methyl sites for hydroxylation is 1. The maximum absolute atomic E-state index is 12.0. The quantitative estimate of drug-likeness (QED) is 0.816. The number of piperidine rings is 1.